The smallest absolute Gasteiger partial charge is 0.0927 e. The van der Waals surface area contributed by atoms with Crippen molar-refractivity contribution in [3.8, 4) is 0 Å². The van der Waals surface area contributed by atoms with Gasteiger partial charge in [0.15, 0.2) is 0 Å². The summed E-state index contributed by atoms with van der Waals surface area (Å²) < 4.78 is 13.4. The lowest BCUT2D eigenvalue weighted by atomic mass is 9.60. The molecular weight excluding hydrogens is 375 g/mol. The number of fused-ring (bicyclic) bond motifs is 1. The monoisotopic (exact) mass is 418 g/mol. The van der Waals surface area contributed by atoms with Gasteiger partial charge in [-0.2, -0.15) is 0 Å². The molecule has 0 unspecified atom stereocenters. The van der Waals surface area contributed by atoms with Crippen molar-refractivity contribution in [3.63, 3.8) is 0 Å². The van der Waals surface area contributed by atoms with E-state index in [1.165, 1.54) is 50.5 Å². The minimum atomic E-state index is -0.900. The van der Waals surface area contributed by atoms with Gasteiger partial charge >= 0.3 is 0 Å². The van der Waals surface area contributed by atoms with Gasteiger partial charge in [0.05, 0.1) is 18.5 Å². The van der Waals surface area contributed by atoms with E-state index < -0.39 is 12.2 Å². The summed E-state index contributed by atoms with van der Waals surface area (Å²) >= 11 is 0. The van der Waals surface area contributed by atoms with Crippen molar-refractivity contribution in [2.75, 3.05) is 0 Å². The highest BCUT2D eigenvalue weighted by atomic mass is 19.1. The van der Waals surface area contributed by atoms with Gasteiger partial charge in [-0.05, 0) is 73.2 Å². The van der Waals surface area contributed by atoms with E-state index in [0.717, 1.165) is 29.7 Å². The van der Waals surface area contributed by atoms with Crippen LogP contribution in [0, 0.1) is 29.1 Å². The first-order valence-corrected chi connectivity index (χ1v) is 12.3. The van der Waals surface area contributed by atoms with Crippen molar-refractivity contribution < 1.29 is 14.6 Å². The van der Waals surface area contributed by atoms with Gasteiger partial charge in [0.2, 0.25) is 0 Å². The summed E-state index contributed by atoms with van der Waals surface area (Å²) in [6.07, 6.45) is 14.1. The molecule has 3 saturated carbocycles. The highest BCUT2D eigenvalue weighted by molar-refractivity contribution is 5.39. The van der Waals surface area contributed by atoms with Gasteiger partial charge in [-0.1, -0.05) is 64.7 Å². The quantitative estimate of drug-likeness (QED) is 0.493. The lowest BCUT2D eigenvalue weighted by molar-refractivity contribution is 0.0850. The average molecular weight is 419 g/mol. The third kappa shape index (κ3) is 5.10. The Morgan fingerprint density at radius 3 is 2.60 bits per heavy atom. The maximum absolute atomic E-state index is 13.4. The topological polar surface area (TPSA) is 40.5 Å². The van der Waals surface area contributed by atoms with Crippen molar-refractivity contribution in [1.82, 2.24) is 0 Å². The fourth-order valence-corrected chi connectivity index (χ4v) is 6.83. The van der Waals surface area contributed by atoms with E-state index in [1.807, 2.05) is 6.08 Å². The number of hydrogen-bond acceptors (Lipinski definition) is 2. The highest BCUT2D eigenvalue weighted by Crippen LogP contribution is 2.60. The summed E-state index contributed by atoms with van der Waals surface area (Å²) in [4.78, 5) is 0. The molecule has 0 radical (unpaired) electrons. The largest absolute Gasteiger partial charge is 0.393 e. The van der Waals surface area contributed by atoms with Crippen LogP contribution in [-0.2, 0) is 0 Å². The first-order valence-electron chi connectivity index (χ1n) is 12.3. The van der Waals surface area contributed by atoms with E-state index in [2.05, 4.69) is 33.8 Å². The second-order valence-electron chi connectivity index (χ2n) is 11.0. The van der Waals surface area contributed by atoms with E-state index in [1.54, 1.807) is 0 Å². The molecule has 0 saturated heterocycles. The number of aliphatic hydroxyl groups is 2. The second-order valence-corrected chi connectivity index (χ2v) is 11.0. The van der Waals surface area contributed by atoms with Crippen LogP contribution in [0.3, 0.4) is 0 Å². The van der Waals surface area contributed by atoms with Crippen LogP contribution < -0.4 is 0 Å². The molecule has 0 aromatic rings. The Hall–Kier alpha value is -0.930. The molecule has 6 atom stereocenters. The van der Waals surface area contributed by atoms with Crippen LogP contribution in [0.5, 0.6) is 0 Å². The number of rotatable bonds is 6. The van der Waals surface area contributed by atoms with Crippen molar-refractivity contribution >= 4 is 0 Å². The van der Waals surface area contributed by atoms with Crippen LogP contribution in [0.1, 0.15) is 91.9 Å². The van der Waals surface area contributed by atoms with Crippen molar-refractivity contribution in [3.05, 3.63) is 35.2 Å². The SMILES string of the molecule is CC(C)CCC[C@@H](C)[C@H]1CC[C@H]2/C(=C/C=C3/C[C@@H](O)C[C@H](O)/C3=C\F)CCC[C@]12C. The van der Waals surface area contributed by atoms with E-state index in [9.17, 15) is 14.6 Å². The van der Waals surface area contributed by atoms with Gasteiger partial charge in [0, 0.05) is 12.0 Å². The van der Waals surface area contributed by atoms with Crippen LogP contribution in [0.2, 0.25) is 0 Å². The number of halogens is 1. The third-order valence-corrected chi connectivity index (χ3v) is 8.46. The van der Waals surface area contributed by atoms with Crippen LogP contribution in [-0.4, -0.2) is 22.4 Å². The van der Waals surface area contributed by atoms with Crippen LogP contribution >= 0.6 is 0 Å². The fourth-order valence-electron chi connectivity index (χ4n) is 6.83. The van der Waals surface area contributed by atoms with Crippen molar-refractivity contribution in [1.29, 1.82) is 0 Å². The lowest BCUT2D eigenvalue weighted by Gasteiger charge is -2.44. The summed E-state index contributed by atoms with van der Waals surface area (Å²) in [5.74, 6) is 2.99. The molecule has 3 rings (SSSR count). The highest BCUT2D eigenvalue weighted by Gasteiger charge is 2.50. The maximum Gasteiger partial charge on any atom is 0.0927 e. The van der Waals surface area contributed by atoms with Gasteiger partial charge in [-0.25, -0.2) is 4.39 Å². The maximum atomic E-state index is 13.4. The molecule has 0 amide bonds. The van der Waals surface area contributed by atoms with Crippen LogP contribution in [0.4, 0.5) is 4.39 Å². The number of allylic oxidation sites excluding steroid dienone is 3. The molecular formula is C27H43FO2. The van der Waals surface area contributed by atoms with Gasteiger partial charge in [-0.15, -0.1) is 0 Å². The Kier molecular flexibility index (Phi) is 8.01. The van der Waals surface area contributed by atoms with Crippen LogP contribution in [0.15, 0.2) is 35.2 Å². The minimum absolute atomic E-state index is 0.223. The number of hydrogen-bond donors (Lipinski definition) is 2. The Morgan fingerprint density at radius 1 is 1.13 bits per heavy atom. The summed E-state index contributed by atoms with van der Waals surface area (Å²) in [5.41, 5.74) is 2.98. The zero-order valence-electron chi connectivity index (χ0n) is 19.5. The molecule has 0 aromatic heterocycles. The number of aliphatic hydroxyl groups excluding tert-OH is 2. The Labute approximate surface area is 183 Å². The molecule has 2 N–H and O–H groups in total. The zero-order valence-corrected chi connectivity index (χ0v) is 19.5. The average Bonchev–Trinajstić information content (AvgIpc) is 3.03. The molecule has 3 heteroatoms. The van der Waals surface area contributed by atoms with E-state index in [4.69, 9.17) is 0 Å². The predicted octanol–water partition coefficient (Wildman–Crippen LogP) is 6.89. The summed E-state index contributed by atoms with van der Waals surface area (Å²) in [5, 5.41) is 20.1. The summed E-state index contributed by atoms with van der Waals surface area (Å²) in [6, 6.07) is 0. The van der Waals surface area contributed by atoms with Crippen molar-refractivity contribution in [2.24, 2.45) is 29.1 Å². The minimum Gasteiger partial charge on any atom is -0.393 e. The zero-order chi connectivity index (χ0) is 21.9. The predicted molar refractivity (Wildman–Crippen MR) is 123 cm³/mol. The molecule has 3 fully saturated rings. The van der Waals surface area contributed by atoms with Gasteiger partial charge < -0.3 is 10.2 Å². The Bertz CT molecular complexity index is 676. The molecule has 30 heavy (non-hydrogen) atoms. The first-order chi connectivity index (χ1) is 14.3. The van der Waals surface area contributed by atoms with Gasteiger partial charge in [-0.3, -0.25) is 0 Å². The van der Waals surface area contributed by atoms with Crippen molar-refractivity contribution in [2.45, 2.75) is 104 Å². The molecule has 0 aliphatic heterocycles. The molecule has 0 bridgehead atoms. The van der Waals surface area contributed by atoms with Crippen LogP contribution in [0.25, 0.3) is 0 Å². The Balaban J connectivity index is 1.74. The van der Waals surface area contributed by atoms with E-state index in [-0.39, 0.29) is 6.42 Å². The molecule has 2 nitrogen and oxygen atoms in total. The molecule has 3 aliphatic rings. The van der Waals surface area contributed by atoms with Gasteiger partial charge in [0.25, 0.3) is 0 Å². The Morgan fingerprint density at radius 2 is 1.90 bits per heavy atom. The van der Waals surface area contributed by atoms with Gasteiger partial charge in [0.1, 0.15) is 0 Å². The molecule has 170 valence electrons. The summed E-state index contributed by atoms with van der Waals surface area (Å²) in [7, 11) is 0. The second kappa shape index (κ2) is 10.1. The molecule has 3 aliphatic carbocycles. The third-order valence-electron chi connectivity index (χ3n) is 8.46. The molecule has 0 heterocycles. The summed E-state index contributed by atoms with van der Waals surface area (Å²) in [6.45, 7) is 9.63. The van der Waals surface area contributed by atoms with E-state index >= 15 is 0 Å². The normalized spacial score (nSPS) is 39.8. The standard InChI is InChI=1S/C27H43FO2/c1-18(2)7-5-8-19(3)24-12-13-25-20(9-6-14-27(24,25)4)10-11-21-15-22(29)16-26(30)23(21)17-28/h10-11,17-19,22,24-26,29-30H,5-9,12-16H2,1-4H3/b20-10+,21-11-,23-17-/t19-,22-,24-,25+,26+,27-/m1/s1. The molecule has 0 aromatic carbocycles. The first kappa shape index (κ1) is 23.7. The lowest BCUT2D eigenvalue weighted by Crippen LogP contribution is -2.36. The van der Waals surface area contributed by atoms with E-state index in [0.29, 0.717) is 29.7 Å². The molecule has 0 spiro atoms. The fraction of sp³-hybridized carbons (Fsp3) is 0.778.